The van der Waals surface area contributed by atoms with Crippen LogP contribution in [0.15, 0.2) is 77.7 Å². The first-order chi connectivity index (χ1) is 13.8. The first kappa shape index (κ1) is 20.5. The van der Waals surface area contributed by atoms with E-state index in [2.05, 4.69) is 5.32 Å². The van der Waals surface area contributed by atoms with Crippen molar-refractivity contribution >= 4 is 27.3 Å². The average molecular weight is 412 g/mol. The van der Waals surface area contributed by atoms with E-state index in [0.29, 0.717) is 5.69 Å². The predicted octanol–water partition coefficient (Wildman–Crippen LogP) is 4.60. The normalized spacial score (nSPS) is 11.1. The van der Waals surface area contributed by atoms with Gasteiger partial charge in [0.1, 0.15) is 5.82 Å². The summed E-state index contributed by atoms with van der Waals surface area (Å²) in [6.07, 6.45) is 0. The SMILES string of the molecule is CCN(c1ccccc1)S(=O)(=O)c1cccc(C(=O)Nc2ccc(C)cc2F)c1. The van der Waals surface area contributed by atoms with Gasteiger partial charge in [0.2, 0.25) is 0 Å². The molecule has 5 nitrogen and oxygen atoms in total. The molecule has 0 atom stereocenters. The van der Waals surface area contributed by atoms with Gasteiger partial charge in [0.15, 0.2) is 0 Å². The molecule has 0 spiro atoms. The minimum atomic E-state index is -3.87. The summed E-state index contributed by atoms with van der Waals surface area (Å²) in [6, 6.07) is 18.9. The van der Waals surface area contributed by atoms with E-state index in [1.54, 1.807) is 50.2 Å². The number of amides is 1. The highest BCUT2D eigenvalue weighted by Crippen LogP contribution is 2.24. The number of hydrogen-bond acceptors (Lipinski definition) is 3. The van der Waals surface area contributed by atoms with Crippen LogP contribution in [0.3, 0.4) is 0 Å². The van der Waals surface area contributed by atoms with Gasteiger partial charge in [0.05, 0.1) is 16.3 Å². The first-order valence-corrected chi connectivity index (χ1v) is 10.5. The molecule has 0 aliphatic rings. The smallest absolute Gasteiger partial charge is 0.264 e. The van der Waals surface area contributed by atoms with Gasteiger partial charge in [-0.05, 0) is 61.9 Å². The molecule has 0 unspecified atom stereocenters. The van der Waals surface area contributed by atoms with Crippen molar-refractivity contribution < 1.29 is 17.6 Å². The molecule has 0 aromatic heterocycles. The van der Waals surface area contributed by atoms with Crippen LogP contribution in [0.1, 0.15) is 22.8 Å². The highest BCUT2D eigenvalue weighted by atomic mass is 32.2. The molecular formula is C22H21FN2O3S. The fourth-order valence-electron chi connectivity index (χ4n) is 2.93. The summed E-state index contributed by atoms with van der Waals surface area (Å²) in [5.41, 5.74) is 1.42. The van der Waals surface area contributed by atoms with Gasteiger partial charge in [-0.2, -0.15) is 0 Å². The molecule has 0 saturated heterocycles. The standard InChI is InChI=1S/C22H21FN2O3S/c1-3-25(18-9-5-4-6-10-18)29(27,28)19-11-7-8-17(15-19)22(26)24-21-13-12-16(2)14-20(21)23/h4-15H,3H2,1-2H3,(H,24,26). The van der Waals surface area contributed by atoms with Gasteiger partial charge in [-0.15, -0.1) is 0 Å². The zero-order valence-electron chi connectivity index (χ0n) is 16.1. The third-order valence-electron chi connectivity index (χ3n) is 4.39. The molecule has 3 aromatic carbocycles. The highest BCUT2D eigenvalue weighted by Gasteiger charge is 2.24. The molecule has 0 aliphatic carbocycles. The second kappa shape index (κ2) is 8.45. The molecule has 1 amide bonds. The molecule has 3 rings (SSSR count). The Hall–Kier alpha value is -3.19. The van der Waals surface area contributed by atoms with Crippen LogP contribution in [0, 0.1) is 12.7 Å². The van der Waals surface area contributed by atoms with E-state index in [1.165, 1.54) is 40.7 Å². The molecule has 7 heteroatoms. The first-order valence-electron chi connectivity index (χ1n) is 9.08. The summed E-state index contributed by atoms with van der Waals surface area (Å²) in [5, 5.41) is 2.48. The molecule has 0 heterocycles. The van der Waals surface area contributed by atoms with E-state index in [0.717, 1.165) is 5.56 Å². The van der Waals surface area contributed by atoms with E-state index in [4.69, 9.17) is 0 Å². The van der Waals surface area contributed by atoms with Gasteiger partial charge in [0.25, 0.3) is 15.9 Å². The minimum absolute atomic E-state index is 0.0137. The monoisotopic (exact) mass is 412 g/mol. The van der Waals surface area contributed by atoms with Gasteiger partial charge < -0.3 is 5.32 Å². The number of rotatable bonds is 6. The van der Waals surface area contributed by atoms with Crippen LogP contribution in [-0.4, -0.2) is 20.9 Å². The van der Waals surface area contributed by atoms with Crippen LogP contribution in [0.25, 0.3) is 0 Å². The van der Waals surface area contributed by atoms with Crippen molar-refractivity contribution in [3.8, 4) is 0 Å². The van der Waals surface area contributed by atoms with Crippen LogP contribution in [0.5, 0.6) is 0 Å². The lowest BCUT2D eigenvalue weighted by atomic mass is 10.2. The van der Waals surface area contributed by atoms with E-state index in [-0.39, 0.29) is 22.7 Å². The van der Waals surface area contributed by atoms with Gasteiger partial charge in [-0.25, -0.2) is 12.8 Å². The minimum Gasteiger partial charge on any atom is -0.319 e. The Labute approximate surface area is 169 Å². The Morgan fingerprint density at radius 2 is 1.72 bits per heavy atom. The van der Waals surface area contributed by atoms with Crippen molar-refractivity contribution in [3.05, 3.63) is 89.7 Å². The van der Waals surface area contributed by atoms with Crippen molar-refractivity contribution in [3.63, 3.8) is 0 Å². The van der Waals surface area contributed by atoms with Crippen LogP contribution in [0.2, 0.25) is 0 Å². The lowest BCUT2D eigenvalue weighted by Gasteiger charge is -2.23. The van der Waals surface area contributed by atoms with Crippen molar-refractivity contribution in [2.75, 3.05) is 16.2 Å². The Bertz CT molecular complexity index is 1130. The summed E-state index contributed by atoms with van der Waals surface area (Å²) in [4.78, 5) is 12.5. The zero-order chi connectivity index (χ0) is 21.0. The molecule has 1 N–H and O–H groups in total. The van der Waals surface area contributed by atoms with Gasteiger partial charge in [0, 0.05) is 12.1 Å². The number of carbonyl (C=O) groups is 1. The van der Waals surface area contributed by atoms with Crippen LogP contribution >= 0.6 is 0 Å². The van der Waals surface area contributed by atoms with Crippen LogP contribution < -0.4 is 9.62 Å². The molecule has 3 aromatic rings. The number of benzene rings is 3. The number of para-hydroxylation sites is 1. The Balaban J connectivity index is 1.91. The molecule has 0 bridgehead atoms. The molecule has 0 aliphatic heterocycles. The zero-order valence-corrected chi connectivity index (χ0v) is 16.9. The Morgan fingerprint density at radius 3 is 2.38 bits per heavy atom. The molecule has 0 saturated carbocycles. The van der Waals surface area contributed by atoms with Gasteiger partial charge in [-0.3, -0.25) is 9.10 Å². The fourth-order valence-corrected chi connectivity index (χ4v) is 4.45. The predicted molar refractivity (Wildman–Crippen MR) is 112 cm³/mol. The fraction of sp³-hybridized carbons (Fsp3) is 0.136. The number of anilines is 2. The third kappa shape index (κ3) is 4.46. The number of nitrogens with one attached hydrogen (secondary N) is 1. The second-order valence-electron chi connectivity index (χ2n) is 6.47. The number of hydrogen-bond donors (Lipinski definition) is 1. The lowest BCUT2D eigenvalue weighted by molar-refractivity contribution is 0.102. The maximum Gasteiger partial charge on any atom is 0.264 e. The van der Waals surface area contributed by atoms with Gasteiger partial charge in [-0.1, -0.05) is 30.3 Å². The maximum atomic E-state index is 14.0. The van der Waals surface area contributed by atoms with Crippen molar-refractivity contribution in [1.82, 2.24) is 0 Å². The second-order valence-corrected chi connectivity index (χ2v) is 8.33. The summed E-state index contributed by atoms with van der Waals surface area (Å²) in [7, 11) is -3.87. The number of aryl methyl sites for hydroxylation is 1. The summed E-state index contributed by atoms with van der Waals surface area (Å²) < 4.78 is 41.5. The lowest BCUT2D eigenvalue weighted by Crippen LogP contribution is -2.31. The third-order valence-corrected chi connectivity index (χ3v) is 6.29. The molecule has 0 fully saturated rings. The molecule has 0 radical (unpaired) electrons. The molecular weight excluding hydrogens is 391 g/mol. The summed E-state index contributed by atoms with van der Waals surface area (Å²) in [6.45, 7) is 3.72. The largest absolute Gasteiger partial charge is 0.319 e. The van der Waals surface area contributed by atoms with E-state index in [9.17, 15) is 17.6 Å². The summed E-state index contributed by atoms with van der Waals surface area (Å²) >= 11 is 0. The van der Waals surface area contributed by atoms with Crippen LogP contribution in [0.4, 0.5) is 15.8 Å². The molecule has 29 heavy (non-hydrogen) atoms. The maximum absolute atomic E-state index is 14.0. The Kier molecular flexibility index (Phi) is 5.98. The number of nitrogens with zero attached hydrogens (tertiary/aromatic N) is 1. The van der Waals surface area contributed by atoms with Gasteiger partial charge >= 0.3 is 0 Å². The van der Waals surface area contributed by atoms with Crippen molar-refractivity contribution in [2.24, 2.45) is 0 Å². The molecule has 150 valence electrons. The number of carbonyl (C=O) groups excluding carboxylic acids is 1. The van der Waals surface area contributed by atoms with E-state index < -0.39 is 21.7 Å². The van der Waals surface area contributed by atoms with E-state index >= 15 is 0 Å². The summed E-state index contributed by atoms with van der Waals surface area (Å²) in [5.74, 6) is -1.14. The number of halogens is 1. The number of sulfonamides is 1. The van der Waals surface area contributed by atoms with Crippen molar-refractivity contribution in [1.29, 1.82) is 0 Å². The topological polar surface area (TPSA) is 66.5 Å². The van der Waals surface area contributed by atoms with Crippen molar-refractivity contribution in [2.45, 2.75) is 18.7 Å². The quantitative estimate of drug-likeness (QED) is 0.643. The highest BCUT2D eigenvalue weighted by molar-refractivity contribution is 7.92. The Morgan fingerprint density at radius 1 is 1.00 bits per heavy atom. The average Bonchev–Trinajstić information content (AvgIpc) is 2.71. The van der Waals surface area contributed by atoms with E-state index in [1.807, 2.05) is 0 Å². The van der Waals surface area contributed by atoms with Crippen LogP contribution in [-0.2, 0) is 10.0 Å².